The minimum Gasteiger partial charge on any atom is -0.312 e. The van der Waals surface area contributed by atoms with Crippen LogP contribution in [0.4, 0.5) is 0 Å². The summed E-state index contributed by atoms with van der Waals surface area (Å²) in [6, 6.07) is 1.41. The maximum absolute atomic E-state index is 3.52. The van der Waals surface area contributed by atoms with Gasteiger partial charge in [0.15, 0.2) is 0 Å². The maximum atomic E-state index is 3.52. The standard InChI is InChI=1S/C14H29N3.C2H6/c1-12(2)17-7-4-14(5-8-17)11-16-9-6-15-13(3)10-16;1-2/h12-15H,4-11H2,1-3H3;1-2H3/t13-;/m1./s1. The van der Waals surface area contributed by atoms with Crippen LogP contribution in [-0.2, 0) is 0 Å². The third-order valence-corrected chi connectivity index (χ3v) is 4.35. The first-order chi connectivity index (χ1) is 9.15. The molecule has 0 unspecified atom stereocenters. The van der Waals surface area contributed by atoms with Crippen LogP contribution in [0.3, 0.4) is 0 Å². The molecule has 1 N–H and O–H groups in total. The highest BCUT2D eigenvalue weighted by Gasteiger charge is 2.24. The van der Waals surface area contributed by atoms with E-state index in [1.807, 2.05) is 13.8 Å². The number of hydrogen-bond donors (Lipinski definition) is 1. The van der Waals surface area contributed by atoms with Crippen molar-refractivity contribution in [1.29, 1.82) is 0 Å². The van der Waals surface area contributed by atoms with E-state index < -0.39 is 0 Å². The van der Waals surface area contributed by atoms with E-state index in [1.54, 1.807) is 0 Å². The Kier molecular flexibility index (Phi) is 7.96. The van der Waals surface area contributed by atoms with Crippen molar-refractivity contribution in [2.24, 2.45) is 5.92 Å². The van der Waals surface area contributed by atoms with Crippen LogP contribution >= 0.6 is 0 Å². The molecule has 2 aliphatic rings. The van der Waals surface area contributed by atoms with Gasteiger partial charge in [0.25, 0.3) is 0 Å². The van der Waals surface area contributed by atoms with Gasteiger partial charge in [-0.3, -0.25) is 0 Å². The largest absolute Gasteiger partial charge is 0.312 e. The van der Waals surface area contributed by atoms with Gasteiger partial charge in [-0.1, -0.05) is 13.8 Å². The fourth-order valence-corrected chi connectivity index (χ4v) is 3.20. The maximum Gasteiger partial charge on any atom is 0.0167 e. The van der Waals surface area contributed by atoms with E-state index in [-0.39, 0.29) is 0 Å². The van der Waals surface area contributed by atoms with Crippen LogP contribution in [0.5, 0.6) is 0 Å². The SMILES string of the molecule is CC.CC(C)N1CCC(CN2CCN[C@H](C)C2)CC1. The highest BCUT2D eigenvalue weighted by molar-refractivity contribution is 4.80. The van der Waals surface area contributed by atoms with E-state index in [2.05, 4.69) is 35.9 Å². The van der Waals surface area contributed by atoms with Crippen molar-refractivity contribution in [3.05, 3.63) is 0 Å². The van der Waals surface area contributed by atoms with Gasteiger partial charge in [0.2, 0.25) is 0 Å². The van der Waals surface area contributed by atoms with Crippen LogP contribution in [-0.4, -0.2) is 61.2 Å². The number of nitrogens with one attached hydrogen (secondary N) is 1. The molecule has 0 aromatic heterocycles. The van der Waals surface area contributed by atoms with Crippen molar-refractivity contribution in [3.63, 3.8) is 0 Å². The predicted molar refractivity (Wildman–Crippen MR) is 84.7 cm³/mol. The number of piperidine rings is 1. The Labute approximate surface area is 120 Å². The lowest BCUT2D eigenvalue weighted by molar-refractivity contribution is 0.110. The molecule has 2 aliphatic heterocycles. The topological polar surface area (TPSA) is 18.5 Å². The molecule has 1 atom stereocenters. The smallest absolute Gasteiger partial charge is 0.0167 e. The minimum atomic E-state index is 0.680. The molecule has 2 fully saturated rings. The van der Waals surface area contributed by atoms with E-state index >= 15 is 0 Å². The van der Waals surface area contributed by atoms with Crippen LogP contribution < -0.4 is 5.32 Å². The van der Waals surface area contributed by atoms with E-state index in [4.69, 9.17) is 0 Å². The predicted octanol–water partition coefficient (Wildman–Crippen LogP) is 2.43. The number of nitrogens with zero attached hydrogens (tertiary/aromatic N) is 2. The average Bonchev–Trinajstić information content (AvgIpc) is 2.41. The van der Waals surface area contributed by atoms with Crippen molar-refractivity contribution < 1.29 is 0 Å². The lowest BCUT2D eigenvalue weighted by atomic mass is 9.95. The summed E-state index contributed by atoms with van der Waals surface area (Å²) < 4.78 is 0. The first kappa shape index (κ1) is 16.9. The molecule has 0 saturated carbocycles. The second kappa shape index (κ2) is 8.93. The summed E-state index contributed by atoms with van der Waals surface area (Å²) in [7, 11) is 0. The van der Waals surface area contributed by atoms with Crippen molar-refractivity contribution in [3.8, 4) is 0 Å². The van der Waals surface area contributed by atoms with Crippen molar-refractivity contribution in [1.82, 2.24) is 15.1 Å². The number of piperazine rings is 1. The molecule has 3 heteroatoms. The van der Waals surface area contributed by atoms with Gasteiger partial charge >= 0.3 is 0 Å². The van der Waals surface area contributed by atoms with Gasteiger partial charge in [-0.05, 0) is 52.6 Å². The normalized spacial score (nSPS) is 27.2. The summed E-state index contributed by atoms with van der Waals surface area (Å²) in [6.07, 6.45) is 2.80. The van der Waals surface area contributed by atoms with Gasteiger partial charge in [-0.25, -0.2) is 0 Å². The lowest BCUT2D eigenvalue weighted by Gasteiger charge is -2.39. The lowest BCUT2D eigenvalue weighted by Crippen LogP contribution is -2.51. The molecule has 0 aromatic carbocycles. The summed E-state index contributed by atoms with van der Waals surface area (Å²) in [6.45, 7) is 18.5. The van der Waals surface area contributed by atoms with Crippen LogP contribution in [0.1, 0.15) is 47.5 Å². The Bertz CT molecular complexity index is 222. The third-order valence-electron chi connectivity index (χ3n) is 4.35. The molecule has 0 bridgehead atoms. The molecule has 0 amide bonds. The molecule has 2 heterocycles. The fraction of sp³-hybridized carbons (Fsp3) is 1.00. The second-order valence-corrected chi connectivity index (χ2v) is 6.19. The third kappa shape index (κ3) is 5.80. The summed E-state index contributed by atoms with van der Waals surface area (Å²) in [5, 5.41) is 3.52. The molecule has 0 spiro atoms. The van der Waals surface area contributed by atoms with Crippen LogP contribution in [0.15, 0.2) is 0 Å². The van der Waals surface area contributed by atoms with Crippen LogP contribution in [0.2, 0.25) is 0 Å². The molecule has 0 radical (unpaired) electrons. The molecule has 2 saturated heterocycles. The van der Waals surface area contributed by atoms with Crippen molar-refractivity contribution >= 4 is 0 Å². The molecular weight excluding hydrogens is 234 g/mol. The first-order valence-corrected chi connectivity index (χ1v) is 8.35. The summed E-state index contributed by atoms with van der Waals surface area (Å²) >= 11 is 0. The fourth-order valence-electron chi connectivity index (χ4n) is 3.20. The zero-order valence-corrected chi connectivity index (χ0v) is 13.8. The van der Waals surface area contributed by atoms with Gasteiger partial charge < -0.3 is 15.1 Å². The summed E-state index contributed by atoms with van der Waals surface area (Å²) in [5.41, 5.74) is 0. The van der Waals surface area contributed by atoms with E-state index in [9.17, 15) is 0 Å². The Hall–Kier alpha value is -0.120. The number of likely N-dealkylation sites (tertiary alicyclic amines) is 1. The van der Waals surface area contributed by atoms with E-state index in [1.165, 1.54) is 52.1 Å². The highest BCUT2D eigenvalue weighted by atomic mass is 15.2. The second-order valence-electron chi connectivity index (χ2n) is 6.19. The van der Waals surface area contributed by atoms with Crippen LogP contribution in [0, 0.1) is 5.92 Å². The average molecular weight is 269 g/mol. The minimum absolute atomic E-state index is 0.680. The van der Waals surface area contributed by atoms with Gasteiger partial charge in [-0.15, -0.1) is 0 Å². The van der Waals surface area contributed by atoms with Crippen molar-refractivity contribution in [2.75, 3.05) is 39.3 Å². The zero-order chi connectivity index (χ0) is 14.3. The van der Waals surface area contributed by atoms with E-state index in [0.717, 1.165) is 12.0 Å². The van der Waals surface area contributed by atoms with Gasteiger partial charge in [0, 0.05) is 38.3 Å². The highest BCUT2D eigenvalue weighted by Crippen LogP contribution is 2.20. The van der Waals surface area contributed by atoms with Crippen molar-refractivity contribution in [2.45, 2.75) is 59.5 Å². The molecule has 0 aliphatic carbocycles. The van der Waals surface area contributed by atoms with Crippen LogP contribution in [0.25, 0.3) is 0 Å². The number of rotatable bonds is 3. The Morgan fingerprint density at radius 2 is 1.74 bits per heavy atom. The van der Waals surface area contributed by atoms with Gasteiger partial charge in [0.05, 0.1) is 0 Å². The Morgan fingerprint density at radius 1 is 1.11 bits per heavy atom. The number of hydrogen-bond acceptors (Lipinski definition) is 3. The van der Waals surface area contributed by atoms with E-state index in [0.29, 0.717) is 6.04 Å². The summed E-state index contributed by atoms with van der Waals surface area (Å²) in [5.74, 6) is 0.940. The molecule has 2 rings (SSSR count). The molecule has 3 nitrogen and oxygen atoms in total. The quantitative estimate of drug-likeness (QED) is 0.849. The van der Waals surface area contributed by atoms with Gasteiger partial charge in [-0.2, -0.15) is 0 Å². The van der Waals surface area contributed by atoms with Gasteiger partial charge in [0.1, 0.15) is 0 Å². The Balaban J connectivity index is 0.000000861. The molecular formula is C16H35N3. The Morgan fingerprint density at radius 3 is 2.26 bits per heavy atom. The zero-order valence-electron chi connectivity index (χ0n) is 13.8. The molecule has 114 valence electrons. The monoisotopic (exact) mass is 269 g/mol. The molecule has 0 aromatic rings. The molecule has 19 heavy (non-hydrogen) atoms. The summed E-state index contributed by atoms with van der Waals surface area (Å²) in [4.78, 5) is 5.29. The first-order valence-electron chi connectivity index (χ1n) is 8.35.